The van der Waals surface area contributed by atoms with E-state index in [2.05, 4.69) is 10.6 Å². The smallest absolute Gasteiger partial charge is 0.292 e. The Labute approximate surface area is 116 Å². The number of anilines is 1. The van der Waals surface area contributed by atoms with Crippen LogP contribution in [0.15, 0.2) is 18.2 Å². The van der Waals surface area contributed by atoms with Crippen molar-refractivity contribution >= 4 is 17.3 Å². The molecule has 0 saturated carbocycles. The van der Waals surface area contributed by atoms with Gasteiger partial charge in [-0.1, -0.05) is 6.07 Å². The molecule has 1 aromatic carbocycles. The number of hydrogen-bond acceptors (Lipinski definition) is 5. The van der Waals surface area contributed by atoms with E-state index in [-0.39, 0.29) is 22.8 Å². The van der Waals surface area contributed by atoms with Crippen LogP contribution in [0, 0.1) is 16.0 Å². The number of amides is 1. The summed E-state index contributed by atoms with van der Waals surface area (Å²) in [5, 5.41) is 16.8. The summed E-state index contributed by atoms with van der Waals surface area (Å²) < 4.78 is 0. The van der Waals surface area contributed by atoms with E-state index in [1.165, 1.54) is 18.2 Å². The van der Waals surface area contributed by atoms with Gasteiger partial charge in [0, 0.05) is 12.6 Å². The molecule has 1 aromatic rings. The SMILES string of the molecule is Nc1c(C(=O)NCCC2CCNC2)cccc1[N+](=O)[O-]. The molecular weight excluding hydrogens is 260 g/mol. The van der Waals surface area contributed by atoms with Crippen molar-refractivity contribution in [3.63, 3.8) is 0 Å². The van der Waals surface area contributed by atoms with Crippen LogP contribution in [-0.4, -0.2) is 30.5 Å². The second-order valence-corrected chi connectivity index (χ2v) is 4.90. The summed E-state index contributed by atoms with van der Waals surface area (Å²) in [6.07, 6.45) is 2.02. The van der Waals surface area contributed by atoms with Crippen LogP contribution in [0.1, 0.15) is 23.2 Å². The highest BCUT2D eigenvalue weighted by molar-refractivity contribution is 6.00. The number of para-hydroxylation sites is 1. The van der Waals surface area contributed by atoms with E-state index in [9.17, 15) is 14.9 Å². The first kappa shape index (κ1) is 14.3. The molecule has 1 saturated heterocycles. The highest BCUT2D eigenvalue weighted by Crippen LogP contribution is 2.24. The molecule has 7 nitrogen and oxygen atoms in total. The summed E-state index contributed by atoms with van der Waals surface area (Å²) in [5.41, 5.74) is 5.50. The maximum atomic E-state index is 12.0. The highest BCUT2D eigenvalue weighted by atomic mass is 16.6. The number of nitro benzene ring substituents is 1. The monoisotopic (exact) mass is 278 g/mol. The molecule has 2 rings (SSSR count). The third-order valence-electron chi connectivity index (χ3n) is 3.52. The van der Waals surface area contributed by atoms with Crippen molar-refractivity contribution in [3.05, 3.63) is 33.9 Å². The Balaban J connectivity index is 1.95. The lowest BCUT2D eigenvalue weighted by molar-refractivity contribution is -0.383. The minimum atomic E-state index is -0.587. The zero-order valence-corrected chi connectivity index (χ0v) is 11.1. The number of benzene rings is 1. The third kappa shape index (κ3) is 3.24. The predicted molar refractivity (Wildman–Crippen MR) is 75.4 cm³/mol. The Morgan fingerprint density at radius 3 is 3.00 bits per heavy atom. The molecule has 1 amide bonds. The van der Waals surface area contributed by atoms with Gasteiger partial charge >= 0.3 is 0 Å². The molecule has 108 valence electrons. The van der Waals surface area contributed by atoms with Crippen LogP contribution in [0.4, 0.5) is 11.4 Å². The molecule has 0 radical (unpaired) electrons. The Morgan fingerprint density at radius 2 is 2.35 bits per heavy atom. The number of rotatable bonds is 5. The summed E-state index contributed by atoms with van der Waals surface area (Å²) in [6, 6.07) is 4.25. The minimum Gasteiger partial charge on any atom is -0.393 e. The number of nitrogens with zero attached hydrogens (tertiary/aromatic N) is 1. The average Bonchev–Trinajstić information content (AvgIpc) is 2.91. The van der Waals surface area contributed by atoms with E-state index in [1.54, 1.807) is 0 Å². The molecule has 1 atom stereocenters. The lowest BCUT2D eigenvalue weighted by atomic mass is 10.1. The number of nitro groups is 1. The van der Waals surface area contributed by atoms with Gasteiger partial charge in [0.2, 0.25) is 0 Å². The zero-order valence-electron chi connectivity index (χ0n) is 11.1. The van der Waals surface area contributed by atoms with Gasteiger partial charge in [-0.25, -0.2) is 0 Å². The van der Waals surface area contributed by atoms with Crippen molar-refractivity contribution in [3.8, 4) is 0 Å². The van der Waals surface area contributed by atoms with Crippen molar-refractivity contribution in [1.29, 1.82) is 0 Å². The van der Waals surface area contributed by atoms with Gasteiger partial charge < -0.3 is 16.4 Å². The van der Waals surface area contributed by atoms with Crippen molar-refractivity contribution in [2.75, 3.05) is 25.4 Å². The van der Waals surface area contributed by atoms with Crippen molar-refractivity contribution < 1.29 is 9.72 Å². The fraction of sp³-hybridized carbons (Fsp3) is 0.462. The van der Waals surface area contributed by atoms with E-state index in [0.29, 0.717) is 12.5 Å². The molecule has 1 unspecified atom stereocenters. The number of nitrogen functional groups attached to an aromatic ring is 1. The topological polar surface area (TPSA) is 110 Å². The molecule has 1 heterocycles. The lowest BCUT2D eigenvalue weighted by Gasteiger charge is -2.10. The lowest BCUT2D eigenvalue weighted by Crippen LogP contribution is -2.27. The molecule has 7 heteroatoms. The largest absolute Gasteiger partial charge is 0.393 e. The van der Waals surface area contributed by atoms with Crippen LogP contribution in [0.3, 0.4) is 0 Å². The quantitative estimate of drug-likeness (QED) is 0.421. The first-order chi connectivity index (χ1) is 9.59. The van der Waals surface area contributed by atoms with E-state index >= 15 is 0 Å². The second-order valence-electron chi connectivity index (χ2n) is 4.90. The fourth-order valence-corrected chi connectivity index (χ4v) is 2.36. The highest BCUT2D eigenvalue weighted by Gasteiger charge is 2.19. The Kier molecular flexibility index (Phi) is 4.52. The third-order valence-corrected chi connectivity index (χ3v) is 3.52. The minimum absolute atomic E-state index is 0.0856. The standard InChI is InChI=1S/C13H18N4O3/c14-12-10(2-1-3-11(12)17(19)20)13(18)16-7-5-9-4-6-15-8-9/h1-3,9,15H,4-8,14H2,(H,16,18). The Morgan fingerprint density at radius 1 is 1.55 bits per heavy atom. The van der Waals surface area contributed by atoms with E-state index in [1.807, 2.05) is 0 Å². The van der Waals surface area contributed by atoms with Gasteiger partial charge in [-0.05, 0) is 37.9 Å². The molecule has 0 aromatic heterocycles. The van der Waals surface area contributed by atoms with Crippen molar-refractivity contribution in [1.82, 2.24) is 10.6 Å². The van der Waals surface area contributed by atoms with Gasteiger partial charge in [0.25, 0.3) is 11.6 Å². The van der Waals surface area contributed by atoms with E-state index in [0.717, 1.165) is 25.9 Å². The Hall–Kier alpha value is -2.15. The summed E-state index contributed by atoms with van der Waals surface area (Å²) >= 11 is 0. The molecule has 1 fully saturated rings. The van der Waals surface area contributed by atoms with Crippen LogP contribution >= 0.6 is 0 Å². The van der Waals surface area contributed by atoms with E-state index in [4.69, 9.17) is 5.73 Å². The van der Waals surface area contributed by atoms with Crippen LogP contribution in [0.2, 0.25) is 0 Å². The fourth-order valence-electron chi connectivity index (χ4n) is 2.36. The molecule has 4 N–H and O–H groups in total. The van der Waals surface area contributed by atoms with Gasteiger partial charge in [0.15, 0.2) is 0 Å². The summed E-state index contributed by atoms with van der Waals surface area (Å²) in [5.74, 6) is 0.218. The molecule has 0 bridgehead atoms. The zero-order chi connectivity index (χ0) is 14.5. The first-order valence-electron chi connectivity index (χ1n) is 6.61. The molecule has 0 spiro atoms. The van der Waals surface area contributed by atoms with Crippen LogP contribution in [-0.2, 0) is 0 Å². The average molecular weight is 278 g/mol. The molecule has 20 heavy (non-hydrogen) atoms. The predicted octanol–water partition coefficient (Wildman–Crippen LogP) is 0.906. The second kappa shape index (κ2) is 6.33. The van der Waals surface area contributed by atoms with Crippen molar-refractivity contribution in [2.24, 2.45) is 5.92 Å². The number of hydrogen-bond donors (Lipinski definition) is 3. The van der Waals surface area contributed by atoms with Crippen LogP contribution < -0.4 is 16.4 Å². The number of nitrogens with two attached hydrogens (primary N) is 1. The molecule has 1 aliphatic rings. The first-order valence-corrected chi connectivity index (χ1v) is 6.61. The molecule has 1 aliphatic heterocycles. The molecule has 0 aliphatic carbocycles. The van der Waals surface area contributed by atoms with Gasteiger partial charge in [-0.3, -0.25) is 14.9 Å². The number of nitrogens with one attached hydrogen (secondary N) is 2. The van der Waals surface area contributed by atoms with Gasteiger partial charge in [0.05, 0.1) is 10.5 Å². The summed E-state index contributed by atoms with van der Waals surface area (Å²) in [6.45, 7) is 2.55. The van der Waals surface area contributed by atoms with E-state index < -0.39 is 4.92 Å². The van der Waals surface area contributed by atoms with Gasteiger partial charge in [0.1, 0.15) is 5.69 Å². The molecular formula is C13H18N4O3. The number of carbonyl (C=O) groups is 1. The Bertz CT molecular complexity index is 512. The van der Waals surface area contributed by atoms with Crippen molar-refractivity contribution in [2.45, 2.75) is 12.8 Å². The maximum Gasteiger partial charge on any atom is 0.292 e. The van der Waals surface area contributed by atoms with Gasteiger partial charge in [-0.2, -0.15) is 0 Å². The number of carbonyl (C=O) groups excluding carboxylic acids is 1. The maximum absolute atomic E-state index is 12.0. The van der Waals surface area contributed by atoms with Gasteiger partial charge in [-0.15, -0.1) is 0 Å². The normalized spacial score (nSPS) is 17.9. The van der Waals surface area contributed by atoms with Crippen LogP contribution in [0.5, 0.6) is 0 Å². The summed E-state index contributed by atoms with van der Waals surface area (Å²) in [4.78, 5) is 22.2. The summed E-state index contributed by atoms with van der Waals surface area (Å²) in [7, 11) is 0. The van der Waals surface area contributed by atoms with Crippen LogP contribution in [0.25, 0.3) is 0 Å².